The van der Waals surface area contributed by atoms with Crippen LogP contribution in [0, 0.1) is 0 Å². The Bertz CT molecular complexity index is 614. The van der Waals surface area contributed by atoms with E-state index in [1.807, 2.05) is 0 Å². The number of oxazole rings is 1. The van der Waals surface area contributed by atoms with Gasteiger partial charge in [0.1, 0.15) is 6.54 Å². The fourth-order valence-corrected chi connectivity index (χ4v) is 1.67. The molecular weight excluding hydrogens is 236 g/mol. The molecule has 0 aliphatic carbocycles. The molecular formula is C12H14N2O4. The van der Waals surface area contributed by atoms with Crippen molar-refractivity contribution in [3.05, 3.63) is 34.8 Å². The lowest BCUT2D eigenvalue weighted by molar-refractivity contribution is -0.122. The van der Waals surface area contributed by atoms with Crippen LogP contribution in [0.1, 0.15) is 6.92 Å². The summed E-state index contributed by atoms with van der Waals surface area (Å²) in [4.78, 5) is 23.2. The Hall–Kier alpha value is -2.08. The van der Waals surface area contributed by atoms with Gasteiger partial charge in [0.05, 0.1) is 12.1 Å². The van der Waals surface area contributed by atoms with Crippen molar-refractivity contribution in [3.8, 4) is 0 Å². The number of para-hydroxylation sites is 2. The largest absolute Gasteiger partial charge is 0.420 e. The number of carbonyl (C=O) groups is 1. The second kappa shape index (κ2) is 5.05. The number of hydrogen-bond acceptors (Lipinski definition) is 4. The van der Waals surface area contributed by atoms with Crippen molar-refractivity contribution in [1.82, 2.24) is 9.88 Å². The van der Waals surface area contributed by atoms with Crippen LogP contribution in [0.5, 0.6) is 0 Å². The molecule has 0 unspecified atom stereocenters. The molecule has 0 saturated heterocycles. The molecule has 6 heteroatoms. The topological polar surface area (TPSA) is 84.5 Å². The molecule has 6 nitrogen and oxygen atoms in total. The van der Waals surface area contributed by atoms with Crippen LogP contribution in [0.3, 0.4) is 0 Å². The van der Waals surface area contributed by atoms with E-state index in [1.165, 1.54) is 4.57 Å². The molecule has 0 bridgehead atoms. The van der Waals surface area contributed by atoms with Crippen molar-refractivity contribution in [2.24, 2.45) is 0 Å². The summed E-state index contributed by atoms with van der Waals surface area (Å²) in [5.41, 5.74) is 1.03. The summed E-state index contributed by atoms with van der Waals surface area (Å²) in [5, 5.41) is 11.4. The van der Waals surface area contributed by atoms with E-state index in [4.69, 9.17) is 9.52 Å². The van der Waals surface area contributed by atoms with Gasteiger partial charge in [-0.15, -0.1) is 0 Å². The second-order valence-electron chi connectivity index (χ2n) is 4.07. The van der Waals surface area contributed by atoms with Crippen LogP contribution in [0.2, 0.25) is 0 Å². The van der Waals surface area contributed by atoms with E-state index in [1.54, 1.807) is 31.2 Å². The Kier molecular flexibility index (Phi) is 3.47. The quantitative estimate of drug-likeness (QED) is 0.805. The lowest BCUT2D eigenvalue weighted by Crippen LogP contribution is -2.38. The van der Waals surface area contributed by atoms with E-state index in [2.05, 4.69) is 5.32 Å². The standard InChI is InChI=1S/C12H14N2O4/c1-8(7-15)13-11(16)6-14-9-4-2-3-5-10(9)18-12(14)17/h2-5,8,15H,6-7H2,1H3,(H,13,16)/t8-/m1/s1. The third kappa shape index (κ3) is 2.43. The highest BCUT2D eigenvalue weighted by atomic mass is 16.4. The van der Waals surface area contributed by atoms with Crippen molar-refractivity contribution in [3.63, 3.8) is 0 Å². The number of aliphatic hydroxyl groups is 1. The Morgan fingerprint density at radius 2 is 2.22 bits per heavy atom. The summed E-state index contributed by atoms with van der Waals surface area (Å²) >= 11 is 0. The Labute approximate surface area is 103 Å². The molecule has 0 radical (unpaired) electrons. The highest BCUT2D eigenvalue weighted by Crippen LogP contribution is 2.11. The number of benzene rings is 1. The lowest BCUT2D eigenvalue weighted by Gasteiger charge is -2.10. The van der Waals surface area contributed by atoms with Crippen LogP contribution >= 0.6 is 0 Å². The fraction of sp³-hybridized carbons (Fsp3) is 0.333. The predicted molar refractivity (Wildman–Crippen MR) is 65.2 cm³/mol. The maximum Gasteiger partial charge on any atom is 0.420 e. The summed E-state index contributed by atoms with van der Waals surface area (Å²) < 4.78 is 6.27. The molecule has 96 valence electrons. The Balaban J connectivity index is 2.24. The maximum absolute atomic E-state index is 11.7. The monoisotopic (exact) mass is 250 g/mol. The normalized spacial score (nSPS) is 12.6. The molecule has 1 aromatic carbocycles. The van der Waals surface area contributed by atoms with Gasteiger partial charge in [-0.25, -0.2) is 4.79 Å². The van der Waals surface area contributed by atoms with Crippen LogP contribution in [0.15, 0.2) is 33.5 Å². The molecule has 1 amide bonds. The third-order valence-electron chi connectivity index (χ3n) is 2.56. The summed E-state index contributed by atoms with van der Waals surface area (Å²) in [6.45, 7) is 1.40. The van der Waals surface area contributed by atoms with Gasteiger partial charge in [0.2, 0.25) is 5.91 Å². The van der Waals surface area contributed by atoms with E-state index in [0.717, 1.165) is 0 Å². The minimum Gasteiger partial charge on any atom is -0.408 e. The second-order valence-corrected chi connectivity index (χ2v) is 4.07. The average Bonchev–Trinajstić information content (AvgIpc) is 2.66. The van der Waals surface area contributed by atoms with Gasteiger partial charge in [0.25, 0.3) is 0 Å². The van der Waals surface area contributed by atoms with Gasteiger partial charge in [0, 0.05) is 6.04 Å². The number of amides is 1. The van der Waals surface area contributed by atoms with Gasteiger partial charge in [-0.1, -0.05) is 12.1 Å². The molecule has 1 aromatic heterocycles. The molecule has 0 fully saturated rings. The first-order valence-corrected chi connectivity index (χ1v) is 5.60. The summed E-state index contributed by atoms with van der Waals surface area (Å²) in [7, 11) is 0. The minimum absolute atomic E-state index is 0.125. The van der Waals surface area contributed by atoms with Gasteiger partial charge >= 0.3 is 5.76 Å². The molecule has 18 heavy (non-hydrogen) atoms. The highest BCUT2D eigenvalue weighted by molar-refractivity contribution is 5.79. The van der Waals surface area contributed by atoms with Crippen molar-refractivity contribution >= 4 is 17.0 Å². The van der Waals surface area contributed by atoms with Crippen molar-refractivity contribution in [2.75, 3.05) is 6.61 Å². The number of rotatable bonds is 4. The van der Waals surface area contributed by atoms with E-state index >= 15 is 0 Å². The summed E-state index contributed by atoms with van der Waals surface area (Å²) in [6.07, 6.45) is 0. The van der Waals surface area contributed by atoms with E-state index in [9.17, 15) is 9.59 Å². The molecule has 0 spiro atoms. The smallest absolute Gasteiger partial charge is 0.408 e. The zero-order valence-corrected chi connectivity index (χ0v) is 9.92. The zero-order chi connectivity index (χ0) is 13.1. The first-order valence-electron chi connectivity index (χ1n) is 5.60. The van der Waals surface area contributed by atoms with Crippen LogP contribution in [-0.4, -0.2) is 28.2 Å². The van der Waals surface area contributed by atoms with Crippen LogP contribution < -0.4 is 11.1 Å². The molecule has 2 N–H and O–H groups in total. The molecule has 1 atom stereocenters. The minimum atomic E-state index is -0.567. The molecule has 0 saturated carbocycles. The van der Waals surface area contributed by atoms with Gasteiger partial charge in [-0.3, -0.25) is 9.36 Å². The van der Waals surface area contributed by atoms with Gasteiger partial charge in [-0.2, -0.15) is 0 Å². The SMILES string of the molecule is C[C@H](CO)NC(=O)Cn1c(=O)oc2ccccc21. The van der Waals surface area contributed by atoms with Crippen molar-refractivity contribution in [2.45, 2.75) is 19.5 Å². The van der Waals surface area contributed by atoms with Crippen molar-refractivity contribution < 1.29 is 14.3 Å². The highest BCUT2D eigenvalue weighted by Gasteiger charge is 2.13. The predicted octanol–water partition coefficient (Wildman–Crippen LogP) is 0.0915. The summed E-state index contributed by atoms with van der Waals surface area (Å²) in [6, 6.07) is 6.56. The van der Waals surface area contributed by atoms with Crippen molar-refractivity contribution in [1.29, 1.82) is 0 Å². The number of carbonyl (C=O) groups excluding carboxylic acids is 1. The average molecular weight is 250 g/mol. The number of hydrogen-bond donors (Lipinski definition) is 2. The number of aliphatic hydroxyl groups excluding tert-OH is 1. The Morgan fingerprint density at radius 3 is 2.94 bits per heavy atom. The first kappa shape index (κ1) is 12.4. The Morgan fingerprint density at radius 1 is 1.50 bits per heavy atom. The van der Waals surface area contributed by atoms with E-state index in [0.29, 0.717) is 11.1 Å². The van der Waals surface area contributed by atoms with Gasteiger partial charge in [-0.05, 0) is 19.1 Å². The first-order chi connectivity index (χ1) is 8.61. The van der Waals surface area contributed by atoms with Gasteiger partial charge < -0.3 is 14.8 Å². The zero-order valence-electron chi connectivity index (χ0n) is 9.92. The van der Waals surface area contributed by atoms with Crippen LogP contribution in [0.25, 0.3) is 11.1 Å². The van der Waals surface area contributed by atoms with Crippen LogP contribution in [0.4, 0.5) is 0 Å². The van der Waals surface area contributed by atoms with Crippen LogP contribution in [-0.2, 0) is 11.3 Å². The molecule has 2 aromatic rings. The fourth-order valence-electron chi connectivity index (χ4n) is 1.67. The maximum atomic E-state index is 11.7. The number of nitrogens with zero attached hydrogens (tertiary/aromatic N) is 1. The molecule has 2 rings (SSSR count). The lowest BCUT2D eigenvalue weighted by atomic mass is 10.3. The third-order valence-corrected chi connectivity index (χ3v) is 2.56. The van der Waals surface area contributed by atoms with E-state index in [-0.39, 0.29) is 25.1 Å². The number of nitrogens with one attached hydrogen (secondary N) is 1. The van der Waals surface area contributed by atoms with E-state index < -0.39 is 5.76 Å². The number of aromatic nitrogens is 1. The molecule has 0 aliphatic rings. The number of fused-ring (bicyclic) bond motifs is 1. The summed E-state index contributed by atoms with van der Waals surface area (Å²) in [5.74, 6) is -0.909. The van der Waals surface area contributed by atoms with Gasteiger partial charge in [0.15, 0.2) is 5.58 Å². The molecule has 0 aliphatic heterocycles. The molecule has 1 heterocycles.